The molecule has 2 aromatic rings. The van der Waals surface area contributed by atoms with Gasteiger partial charge in [-0.3, -0.25) is 0 Å². The zero-order valence-electron chi connectivity index (χ0n) is 12.6. The van der Waals surface area contributed by atoms with Gasteiger partial charge >= 0.3 is 0 Å². The third-order valence-corrected chi connectivity index (χ3v) is 3.42. The number of nitrogens with zero attached hydrogens (tertiary/aromatic N) is 2. The third-order valence-electron chi connectivity index (χ3n) is 3.42. The molecule has 3 nitrogen and oxygen atoms in total. The molecule has 2 rings (SSSR count). The molecule has 0 fully saturated rings. The lowest BCUT2D eigenvalue weighted by molar-refractivity contribution is 0.874. The molecular formula is C17H23N3. The summed E-state index contributed by atoms with van der Waals surface area (Å²) in [6.07, 6.45) is 0.930. The molecule has 0 saturated carbocycles. The smallest absolute Gasteiger partial charge is 0.129 e. The minimum Gasteiger partial charge on any atom is -0.355 e. The van der Waals surface area contributed by atoms with Crippen LogP contribution in [0.25, 0.3) is 0 Å². The molecule has 0 aliphatic carbocycles. The van der Waals surface area contributed by atoms with Crippen LogP contribution in [0.2, 0.25) is 0 Å². The molecule has 106 valence electrons. The molecule has 20 heavy (non-hydrogen) atoms. The van der Waals surface area contributed by atoms with Gasteiger partial charge in [-0.05, 0) is 36.6 Å². The van der Waals surface area contributed by atoms with E-state index in [9.17, 15) is 0 Å². The van der Waals surface area contributed by atoms with Crippen molar-refractivity contribution in [3.63, 3.8) is 0 Å². The number of pyridine rings is 1. The van der Waals surface area contributed by atoms with Crippen molar-refractivity contribution in [3.8, 4) is 0 Å². The number of nitrogens with two attached hydrogens (primary N) is 1. The molecule has 0 atom stereocenters. The van der Waals surface area contributed by atoms with E-state index in [4.69, 9.17) is 5.73 Å². The van der Waals surface area contributed by atoms with Gasteiger partial charge in [-0.25, -0.2) is 4.98 Å². The van der Waals surface area contributed by atoms with Gasteiger partial charge in [0.1, 0.15) is 5.82 Å². The van der Waals surface area contributed by atoms with E-state index in [0.717, 1.165) is 30.0 Å². The molecule has 0 spiro atoms. The number of aromatic nitrogens is 1. The topological polar surface area (TPSA) is 42.1 Å². The summed E-state index contributed by atoms with van der Waals surface area (Å²) in [7, 11) is 2.07. The van der Waals surface area contributed by atoms with E-state index in [1.165, 1.54) is 11.1 Å². The Labute approximate surface area is 121 Å². The maximum atomic E-state index is 5.77. The number of aryl methyl sites for hydroxylation is 2. The van der Waals surface area contributed by atoms with Crippen LogP contribution in [-0.2, 0) is 19.5 Å². The zero-order valence-corrected chi connectivity index (χ0v) is 12.6. The van der Waals surface area contributed by atoms with Crippen LogP contribution in [0.3, 0.4) is 0 Å². The lowest BCUT2D eigenvalue weighted by Crippen LogP contribution is -2.19. The highest BCUT2D eigenvalue weighted by atomic mass is 15.2. The number of hydrogen-bond donors (Lipinski definition) is 1. The van der Waals surface area contributed by atoms with Crippen molar-refractivity contribution in [2.75, 3.05) is 11.9 Å². The Hall–Kier alpha value is -1.87. The highest BCUT2D eigenvalue weighted by Crippen LogP contribution is 2.17. The number of anilines is 1. The van der Waals surface area contributed by atoms with Crippen LogP contribution >= 0.6 is 0 Å². The predicted octanol–water partition coefficient (Wildman–Crippen LogP) is 3.05. The Morgan fingerprint density at radius 2 is 1.95 bits per heavy atom. The molecule has 1 aromatic heterocycles. The van der Waals surface area contributed by atoms with Gasteiger partial charge in [-0.1, -0.05) is 36.8 Å². The Kier molecular flexibility index (Phi) is 4.74. The van der Waals surface area contributed by atoms with Crippen LogP contribution in [0.4, 0.5) is 5.82 Å². The molecule has 0 aliphatic heterocycles. The predicted molar refractivity (Wildman–Crippen MR) is 84.8 cm³/mol. The van der Waals surface area contributed by atoms with Crippen molar-refractivity contribution in [1.82, 2.24) is 4.98 Å². The second-order valence-corrected chi connectivity index (χ2v) is 5.23. The van der Waals surface area contributed by atoms with Gasteiger partial charge in [0.05, 0.1) is 0 Å². The quantitative estimate of drug-likeness (QED) is 0.907. The van der Waals surface area contributed by atoms with Crippen LogP contribution in [0.5, 0.6) is 0 Å². The Balaban J connectivity index is 2.22. The van der Waals surface area contributed by atoms with Gasteiger partial charge in [0.2, 0.25) is 0 Å². The van der Waals surface area contributed by atoms with Crippen LogP contribution in [0, 0.1) is 6.92 Å². The zero-order chi connectivity index (χ0) is 14.5. The molecule has 0 unspecified atom stereocenters. The van der Waals surface area contributed by atoms with E-state index in [2.05, 4.69) is 67.2 Å². The normalized spacial score (nSPS) is 10.6. The summed E-state index contributed by atoms with van der Waals surface area (Å²) in [4.78, 5) is 6.86. The maximum Gasteiger partial charge on any atom is 0.129 e. The van der Waals surface area contributed by atoms with Gasteiger partial charge < -0.3 is 10.6 Å². The average Bonchev–Trinajstić information content (AvgIpc) is 2.46. The minimum absolute atomic E-state index is 0.556. The molecule has 3 heteroatoms. The largest absolute Gasteiger partial charge is 0.355 e. The van der Waals surface area contributed by atoms with Gasteiger partial charge in [0.15, 0.2) is 0 Å². The number of rotatable bonds is 5. The first kappa shape index (κ1) is 14.5. The van der Waals surface area contributed by atoms with E-state index < -0.39 is 0 Å². The maximum absolute atomic E-state index is 5.77. The molecule has 0 aliphatic rings. The first-order valence-corrected chi connectivity index (χ1v) is 7.09. The fourth-order valence-corrected chi connectivity index (χ4v) is 2.29. The highest BCUT2D eigenvalue weighted by molar-refractivity contribution is 5.43. The SMILES string of the molecule is CCc1cc(CN)cc(N(C)Cc2cccc(C)c2)n1. The second kappa shape index (κ2) is 6.53. The lowest BCUT2D eigenvalue weighted by Gasteiger charge is -2.20. The monoisotopic (exact) mass is 269 g/mol. The Morgan fingerprint density at radius 1 is 1.15 bits per heavy atom. The molecule has 2 N–H and O–H groups in total. The van der Waals surface area contributed by atoms with Gasteiger partial charge in [-0.2, -0.15) is 0 Å². The molecule has 0 amide bonds. The van der Waals surface area contributed by atoms with E-state index in [-0.39, 0.29) is 0 Å². The van der Waals surface area contributed by atoms with E-state index in [1.54, 1.807) is 0 Å². The fraction of sp³-hybridized carbons (Fsp3) is 0.353. The van der Waals surface area contributed by atoms with Crippen molar-refractivity contribution in [1.29, 1.82) is 0 Å². The number of benzene rings is 1. The van der Waals surface area contributed by atoms with Crippen LogP contribution in [0.1, 0.15) is 29.3 Å². The van der Waals surface area contributed by atoms with Crippen LogP contribution in [-0.4, -0.2) is 12.0 Å². The van der Waals surface area contributed by atoms with Crippen molar-refractivity contribution in [3.05, 3.63) is 58.8 Å². The van der Waals surface area contributed by atoms with Crippen molar-refractivity contribution in [2.45, 2.75) is 33.4 Å². The molecule has 1 aromatic carbocycles. The van der Waals surface area contributed by atoms with Crippen molar-refractivity contribution < 1.29 is 0 Å². The molecule has 0 saturated heterocycles. The fourth-order valence-electron chi connectivity index (χ4n) is 2.29. The van der Waals surface area contributed by atoms with Crippen molar-refractivity contribution >= 4 is 5.82 Å². The summed E-state index contributed by atoms with van der Waals surface area (Å²) in [6, 6.07) is 12.7. The standard InChI is InChI=1S/C17H23N3/c1-4-16-9-15(11-18)10-17(19-16)20(3)12-14-7-5-6-13(2)8-14/h5-10H,4,11-12,18H2,1-3H3. The van der Waals surface area contributed by atoms with Crippen molar-refractivity contribution in [2.24, 2.45) is 5.73 Å². The summed E-state index contributed by atoms with van der Waals surface area (Å²) in [5, 5.41) is 0. The van der Waals surface area contributed by atoms with Crippen LogP contribution in [0.15, 0.2) is 36.4 Å². The third kappa shape index (κ3) is 3.58. The molecular weight excluding hydrogens is 246 g/mol. The first-order valence-electron chi connectivity index (χ1n) is 7.09. The van der Waals surface area contributed by atoms with Gasteiger partial charge in [0, 0.05) is 25.8 Å². The van der Waals surface area contributed by atoms with E-state index >= 15 is 0 Å². The minimum atomic E-state index is 0.556. The highest BCUT2D eigenvalue weighted by Gasteiger charge is 2.07. The Bertz CT molecular complexity index is 556. The first-order chi connectivity index (χ1) is 9.62. The Morgan fingerprint density at radius 3 is 2.60 bits per heavy atom. The summed E-state index contributed by atoms with van der Waals surface area (Å²) < 4.78 is 0. The lowest BCUT2D eigenvalue weighted by atomic mass is 10.1. The van der Waals surface area contributed by atoms with E-state index in [1.807, 2.05) is 0 Å². The molecule has 1 heterocycles. The van der Waals surface area contributed by atoms with E-state index in [0.29, 0.717) is 6.54 Å². The summed E-state index contributed by atoms with van der Waals surface area (Å²) in [5.74, 6) is 0.992. The summed E-state index contributed by atoms with van der Waals surface area (Å²) >= 11 is 0. The number of hydrogen-bond acceptors (Lipinski definition) is 3. The molecule has 0 bridgehead atoms. The molecule has 0 radical (unpaired) electrons. The summed E-state index contributed by atoms with van der Waals surface area (Å²) in [5.41, 5.74) is 10.6. The van der Waals surface area contributed by atoms with Crippen LogP contribution < -0.4 is 10.6 Å². The summed E-state index contributed by atoms with van der Waals surface area (Å²) in [6.45, 7) is 5.64. The second-order valence-electron chi connectivity index (χ2n) is 5.23. The van der Waals surface area contributed by atoms with Gasteiger partial charge in [-0.15, -0.1) is 0 Å². The van der Waals surface area contributed by atoms with Gasteiger partial charge in [0.25, 0.3) is 0 Å². The average molecular weight is 269 g/mol.